The van der Waals surface area contributed by atoms with Crippen molar-refractivity contribution in [3.63, 3.8) is 0 Å². The highest BCUT2D eigenvalue weighted by atomic mass is 16.5. The van der Waals surface area contributed by atoms with Crippen LogP contribution in [0.1, 0.15) is 22.7 Å². The van der Waals surface area contributed by atoms with Crippen LogP contribution in [-0.2, 0) is 9.53 Å². The van der Waals surface area contributed by atoms with Crippen molar-refractivity contribution >= 4 is 22.5 Å². The average Bonchev–Trinajstić information content (AvgIpc) is 2.80. The molecule has 2 heterocycles. The molecule has 4 aromatic rings. The summed E-state index contributed by atoms with van der Waals surface area (Å²) in [6, 6.07) is 20.6. The van der Waals surface area contributed by atoms with E-state index in [1.54, 1.807) is 24.8 Å². The van der Waals surface area contributed by atoms with Gasteiger partial charge in [0, 0.05) is 52.3 Å². The number of rotatable bonds is 5. The van der Waals surface area contributed by atoms with E-state index in [4.69, 9.17) is 9.73 Å². The Kier molecular flexibility index (Phi) is 5.38. The highest BCUT2D eigenvalue weighted by Crippen LogP contribution is 2.28. The first-order valence-electron chi connectivity index (χ1n) is 9.22. The van der Waals surface area contributed by atoms with Gasteiger partial charge in [0.2, 0.25) is 0 Å². The molecule has 4 rings (SSSR count). The van der Waals surface area contributed by atoms with Crippen molar-refractivity contribution in [3.8, 4) is 0 Å². The molecule has 0 fully saturated rings. The maximum Gasteiger partial charge on any atom is 0.335 e. The van der Waals surface area contributed by atoms with Gasteiger partial charge < -0.3 is 4.74 Å². The molecular formula is C24H19N3O2. The van der Waals surface area contributed by atoms with E-state index in [-0.39, 0.29) is 0 Å². The van der Waals surface area contributed by atoms with Gasteiger partial charge in [0.1, 0.15) is 0 Å². The average molecular weight is 381 g/mol. The van der Waals surface area contributed by atoms with Gasteiger partial charge in [-0.25, -0.2) is 4.79 Å². The minimum absolute atomic E-state index is 0.451. The van der Waals surface area contributed by atoms with Crippen molar-refractivity contribution in [1.82, 2.24) is 9.97 Å². The highest BCUT2D eigenvalue weighted by Gasteiger charge is 2.25. The zero-order chi connectivity index (χ0) is 20.1. The van der Waals surface area contributed by atoms with E-state index in [1.165, 1.54) is 7.11 Å². The van der Waals surface area contributed by atoms with Gasteiger partial charge in [0.05, 0.1) is 12.8 Å². The van der Waals surface area contributed by atoms with Crippen LogP contribution in [0.4, 0.5) is 0 Å². The Hall–Kier alpha value is -3.86. The summed E-state index contributed by atoms with van der Waals surface area (Å²) in [5.74, 6) is -0.451. The van der Waals surface area contributed by atoms with E-state index in [0.29, 0.717) is 11.3 Å². The summed E-state index contributed by atoms with van der Waals surface area (Å²) in [5, 5.41) is 1.71. The second kappa shape index (κ2) is 8.44. The number of hydrogen-bond acceptors (Lipinski definition) is 5. The Labute approximate surface area is 168 Å². The number of ether oxygens (including phenoxy) is 1. The molecule has 0 bridgehead atoms. The van der Waals surface area contributed by atoms with Crippen LogP contribution in [-0.4, -0.2) is 28.8 Å². The van der Waals surface area contributed by atoms with Crippen LogP contribution in [0, 0.1) is 0 Å². The minimum atomic E-state index is -0.865. The predicted molar refractivity (Wildman–Crippen MR) is 113 cm³/mol. The van der Waals surface area contributed by atoms with Crippen molar-refractivity contribution < 1.29 is 9.53 Å². The third kappa shape index (κ3) is 3.89. The van der Waals surface area contributed by atoms with Crippen molar-refractivity contribution in [2.24, 2.45) is 4.99 Å². The lowest BCUT2D eigenvalue weighted by Gasteiger charge is -2.16. The van der Waals surface area contributed by atoms with E-state index >= 15 is 0 Å². The van der Waals surface area contributed by atoms with Crippen molar-refractivity contribution in [2.75, 3.05) is 7.11 Å². The number of carbonyl (C=O) groups excluding carboxylic acids is 1. The monoisotopic (exact) mass is 381 g/mol. The molecule has 0 aliphatic heterocycles. The second-order valence-corrected chi connectivity index (χ2v) is 6.46. The van der Waals surface area contributed by atoms with Gasteiger partial charge >= 0.3 is 5.97 Å². The maximum atomic E-state index is 12.8. The van der Waals surface area contributed by atoms with Crippen LogP contribution in [0.2, 0.25) is 0 Å². The number of aromatic nitrogens is 2. The van der Waals surface area contributed by atoms with Gasteiger partial charge in [0.15, 0.2) is 6.04 Å². The molecule has 0 N–H and O–H groups in total. The normalized spacial score (nSPS) is 11.6. The summed E-state index contributed by atoms with van der Waals surface area (Å²) >= 11 is 0. The number of fused-ring (bicyclic) bond motifs is 1. The smallest absolute Gasteiger partial charge is 0.335 e. The SMILES string of the molecule is COC(=O)C(N=C(c1ccccc1)c1ccccc1)c1cncc2ccncc12. The number of esters is 1. The van der Waals surface area contributed by atoms with Gasteiger partial charge in [-0.2, -0.15) is 0 Å². The Morgan fingerprint density at radius 3 is 2.14 bits per heavy atom. The van der Waals surface area contributed by atoms with E-state index in [2.05, 4.69) is 9.97 Å². The molecule has 0 saturated heterocycles. The first-order chi connectivity index (χ1) is 14.3. The van der Waals surface area contributed by atoms with Crippen molar-refractivity contribution in [2.45, 2.75) is 6.04 Å². The summed E-state index contributed by atoms with van der Waals surface area (Å²) < 4.78 is 5.09. The largest absolute Gasteiger partial charge is 0.467 e. The lowest BCUT2D eigenvalue weighted by Crippen LogP contribution is -2.16. The maximum absolute atomic E-state index is 12.8. The molecule has 1 unspecified atom stereocenters. The molecule has 142 valence electrons. The number of carbonyl (C=O) groups is 1. The van der Waals surface area contributed by atoms with Crippen LogP contribution >= 0.6 is 0 Å². The Balaban J connectivity index is 1.94. The molecule has 0 amide bonds. The lowest BCUT2D eigenvalue weighted by molar-refractivity contribution is -0.142. The topological polar surface area (TPSA) is 64.4 Å². The quantitative estimate of drug-likeness (QED) is 0.380. The molecule has 5 nitrogen and oxygen atoms in total. The molecule has 0 saturated carbocycles. The summed E-state index contributed by atoms with van der Waals surface area (Å²) in [6.45, 7) is 0. The molecule has 1 atom stereocenters. The van der Waals surface area contributed by atoms with Gasteiger partial charge in [-0.3, -0.25) is 15.0 Å². The number of aliphatic imine (C=N–C) groups is 1. The Bertz CT molecular complexity index is 1110. The second-order valence-electron chi connectivity index (χ2n) is 6.46. The summed E-state index contributed by atoms with van der Waals surface area (Å²) in [6.07, 6.45) is 6.82. The van der Waals surface area contributed by atoms with E-state index in [0.717, 1.165) is 21.9 Å². The Morgan fingerprint density at radius 2 is 1.52 bits per heavy atom. The number of nitrogens with zero attached hydrogens (tertiary/aromatic N) is 3. The molecule has 0 radical (unpaired) electrons. The van der Waals surface area contributed by atoms with E-state index < -0.39 is 12.0 Å². The fourth-order valence-corrected chi connectivity index (χ4v) is 3.24. The van der Waals surface area contributed by atoms with Crippen molar-refractivity contribution in [3.05, 3.63) is 108 Å². The molecule has 0 aliphatic carbocycles. The van der Waals surface area contributed by atoms with Crippen LogP contribution in [0.15, 0.2) is 96.5 Å². The first-order valence-corrected chi connectivity index (χ1v) is 9.22. The van der Waals surface area contributed by atoms with Crippen molar-refractivity contribution in [1.29, 1.82) is 0 Å². The fourth-order valence-electron chi connectivity index (χ4n) is 3.24. The van der Waals surface area contributed by atoms with Gasteiger partial charge in [-0.05, 0) is 6.07 Å². The number of methoxy groups -OCH3 is 1. The van der Waals surface area contributed by atoms with Gasteiger partial charge in [-0.1, -0.05) is 60.7 Å². The zero-order valence-corrected chi connectivity index (χ0v) is 15.9. The Morgan fingerprint density at radius 1 is 0.862 bits per heavy atom. The van der Waals surface area contributed by atoms with Crippen LogP contribution in [0.25, 0.3) is 10.8 Å². The zero-order valence-electron chi connectivity index (χ0n) is 15.9. The third-order valence-electron chi connectivity index (χ3n) is 4.66. The standard InChI is InChI=1S/C24H19N3O2/c1-29-24(28)23(21-16-26-14-19-12-13-25-15-20(19)21)27-22(17-8-4-2-5-9-17)18-10-6-3-7-11-18/h2-16,23H,1H3. The molecular weight excluding hydrogens is 362 g/mol. The number of benzene rings is 2. The van der Waals surface area contributed by atoms with Crippen LogP contribution in [0.5, 0.6) is 0 Å². The number of hydrogen-bond donors (Lipinski definition) is 0. The van der Waals surface area contributed by atoms with Crippen LogP contribution in [0.3, 0.4) is 0 Å². The fraction of sp³-hybridized carbons (Fsp3) is 0.0833. The molecule has 2 aromatic carbocycles. The molecule has 29 heavy (non-hydrogen) atoms. The van der Waals surface area contributed by atoms with Crippen LogP contribution < -0.4 is 0 Å². The number of pyridine rings is 2. The molecule has 2 aromatic heterocycles. The summed E-state index contributed by atoms with van der Waals surface area (Å²) in [4.78, 5) is 26.2. The molecule has 0 aliphatic rings. The van der Waals surface area contributed by atoms with Gasteiger partial charge in [0.25, 0.3) is 0 Å². The molecule has 0 spiro atoms. The highest BCUT2D eigenvalue weighted by molar-refractivity contribution is 6.13. The van der Waals surface area contributed by atoms with E-state index in [9.17, 15) is 4.79 Å². The first kappa shape index (κ1) is 18.5. The predicted octanol–water partition coefficient (Wildman–Crippen LogP) is 4.38. The minimum Gasteiger partial charge on any atom is -0.467 e. The summed E-state index contributed by atoms with van der Waals surface area (Å²) in [5.41, 5.74) is 3.20. The molecule has 5 heteroatoms. The van der Waals surface area contributed by atoms with E-state index in [1.807, 2.05) is 66.7 Å². The lowest BCUT2D eigenvalue weighted by atomic mass is 9.99. The third-order valence-corrected chi connectivity index (χ3v) is 4.66. The summed E-state index contributed by atoms with van der Waals surface area (Å²) in [7, 11) is 1.37. The van der Waals surface area contributed by atoms with Gasteiger partial charge in [-0.15, -0.1) is 0 Å².